The van der Waals surface area contributed by atoms with Crippen LogP contribution in [-0.4, -0.2) is 90.9 Å². The van der Waals surface area contributed by atoms with E-state index in [-0.39, 0.29) is 30.0 Å². The number of amides is 3. The number of sulfone groups is 1. The zero-order valence-corrected chi connectivity index (χ0v) is 29.1. The number of likely N-dealkylation sites (N-methyl/N-ethyl adjacent to an activating group) is 1. The van der Waals surface area contributed by atoms with E-state index >= 15 is 0 Å². The van der Waals surface area contributed by atoms with Crippen LogP contribution in [0.4, 0.5) is 24.5 Å². The van der Waals surface area contributed by atoms with Crippen LogP contribution < -0.4 is 20.4 Å². The van der Waals surface area contributed by atoms with Crippen molar-refractivity contribution >= 4 is 55.8 Å². The summed E-state index contributed by atoms with van der Waals surface area (Å²) in [6, 6.07) is 20.9. The van der Waals surface area contributed by atoms with Gasteiger partial charge >= 0.3 is 12.1 Å². The molecular weight excluding hydrogens is 721 g/mol. The number of rotatable bonds is 8. The molecule has 3 amide bonds. The van der Waals surface area contributed by atoms with Gasteiger partial charge in [0.1, 0.15) is 17.9 Å². The molecule has 1 aliphatic heterocycles. The Labute approximate surface area is 300 Å². The largest absolute Gasteiger partial charge is 0.490 e. The summed E-state index contributed by atoms with van der Waals surface area (Å²) in [7, 11) is -2.20. The standard InChI is InChI=1S/C32H30N8O5S.C2HF3O2/c1-20(35-2)31(42)36-25-18-38(30(41)19-46(3,44)45)29-14-21(15-33)12-13-28(29)39(32(25)43)17-24-23-9-5-7-11-27(23)40(37-24)26-10-6-4-8-22(26)16-34;3-2(4,5)1(6)7/h4-14,20,25,35H,17-19H2,1-3H3,(H,36,42);(H,6,7)/t20-,25-;/m0./s1. The Morgan fingerprint density at radius 1 is 1.02 bits per heavy atom. The minimum atomic E-state index is -5.08. The fourth-order valence-electron chi connectivity index (χ4n) is 5.27. The molecule has 3 aromatic carbocycles. The first-order chi connectivity index (χ1) is 24.9. The first-order valence-corrected chi connectivity index (χ1v) is 17.5. The number of halogens is 3. The molecule has 2 heterocycles. The highest BCUT2D eigenvalue weighted by Gasteiger charge is 2.39. The molecule has 2 atom stereocenters. The van der Waals surface area contributed by atoms with Crippen LogP contribution in [0.5, 0.6) is 0 Å². The summed E-state index contributed by atoms with van der Waals surface area (Å²) in [5.41, 5.74) is 2.61. The van der Waals surface area contributed by atoms with Crippen molar-refractivity contribution in [3.05, 3.63) is 83.6 Å². The number of aromatic nitrogens is 2. The zero-order chi connectivity index (χ0) is 39.2. The van der Waals surface area contributed by atoms with E-state index in [0.29, 0.717) is 27.8 Å². The fourth-order valence-corrected chi connectivity index (χ4v) is 5.88. The molecule has 0 saturated heterocycles. The second-order valence-corrected chi connectivity index (χ2v) is 13.8. The minimum absolute atomic E-state index is 0.123. The molecule has 0 spiro atoms. The number of anilines is 2. The molecule has 19 heteroatoms. The molecule has 0 unspecified atom stereocenters. The van der Waals surface area contributed by atoms with Crippen LogP contribution in [0, 0.1) is 22.7 Å². The monoisotopic (exact) mass is 752 g/mol. The van der Waals surface area contributed by atoms with Crippen LogP contribution in [0.15, 0.2) is 66.7 Å². The summed E-state index contributed by atoms with van der Waals surface area (Å²) >= 11 is 0. The predicted octanol–water partition coefficient (Wildman–Crippen LogP) is 2.42. The molecule has 4 aromatic rings. The van der Waals surface area contributed by atoms with E-state index in [0.717, 1.165) is 11.2 Å². The first kappa shape index (κ1) is 39.5. The van der Waals surface area contributed by atoms with E-state index in [2.05, 4.69) is 16.7 Å². The lowest BCUT2D eigenvalue weighted by Crippen LogP contribution is -2.56. The SMILES string of the molecule is CN[C@@H](C)C(=O)N[C@H]1CN(C(=O)CS(C)(=O)=O)c2cc(C#N)ccc2N(Cc2nn(-c3ccccc3C#N)c3ccccc23)C1=O.O=C(O)C(F)(F)F. The Balaban J connectivity index is 0.000000815. The van der Waals surface area contributed by atoms with Gasteiger partial charge in [0.25, 0.3) is 5.91 Å². The highest BCUT2D eigenvalue weighted by atomic mass is 32.2. The number of carbonyl (C=O) groups excluding carboxylic acids is 3. The molecule has 1 aliphatic rings. The van der Waals surface area contributed by atoms with Crippen LogP contribution in [0.3, 0.4) is 0 Å². The van der Waals surface area contributed by atoms with Crippen molar-refractivity contribution in [2.75, 3.05) is 35.4 Å². The number of carboxylic acids is 1. The number of para-hydroxylation sites is 2. The minimum Gasteiger partial charge on any atom is -0.475 e. The van der Waals surface area contributed by atoms with Gasteiger partial charge in [0.2, 0.25) is 11.8 Å². The van der Waals surface area contributed by atoms with Gasteiger partial charge in [-0.25, -0.2) is 17.9 Å². The number of hydrogen-bond donors (Lipinski definition) is 3. The quantitative estimate of drug-likeness (QED) is 0.237. The molecule has 0 fully saturated rings. The molecule has 1 aromatic heterocycles. The third-order valence-corrected chi connectivity index (χ3v) is 8.68. The molecule has 3 N–H and O–H groups in total. The molecule has 15 nitrogen and oxygen atoms in total. The first-order valence-electron chi connectivity index (χ1n) is 15.5. The van der Waals surface area contributed by atoms with Gasteiger partial charge in [0.05, 0.1) is 64.6 Å². The van der Waals surface area contributed by atoms with Crippen LogP contribution in [0.1, 0.15) is 23.7 Å². The van der Waals surface area contributed by atoms with Gasteiger partial charge in [-0.1, -0.05) is 30.3 Å². The van der Waals surface area contributed by atoms with Crippen LogP contribution >= 0.6 is 0 Å². The summed E-state index contributed by atoms with van der Waals surface area (Å²) in [5, 5.41) is 37.6. The number of nitrogens with zero attached hydrogens (tertiary/aromatic N) is 6. The van der Waals surface area contributed by atoms with Crippen molar-refractivity contribution in [1.29, 1.82) is 10.5 Å². The number of benzene rings is 3. The molecule has 276 valence electrons. The van der Waals surface area contributed by atoms with Crippen LogP contribution in [0.2, 0.25) is 0 Å². The smallest absolute Gasteiger partial charge is 0.475 e. The summed E-state index contributed by atoms with van der Waals surface area (Å²) in [6.07, 6.45) is -4.16. The Morgan fingerprint density at radius 3 is 2.26 bits per heavy atom. The number of carboxylic acid groups (broad SMARTS) is 1. The van der Waals surface area contributed by atoms with Gasteiger partial charge in [-0.15, -0.1) is 0 Å². The van der Waals surface area contributed by atoms with Gasteiger partial charge < -0.3 is 25.5 Å². The number of carbonyl (C=O) groups is 4. The van der Waals surface area contributed by atoms with Crippen molar-refractivity contribution in [3.8, 4) is 17.8 Å². The average molecular weight is 753 g/mol. The van der Waals surface area contributed by atoms with Crippen molar-refractivity contribution in [1.82, 2.24) is 20.4 Å². The maximum Gasteiger partial charge on any atom is 0.490 e. The number of nitrogens with one attached hydrogen (secondary N) is 2. The summed E-state index contributed by atoms with van der Waals surface area (Å²) in [5.74, 6) is -5.51. The summed E-state index contributed by atoms with van der Waals surface area (Å²) < 4.78 is 57.7. The van der Waals surface area contributed by atoms with E-state index in [9.17, 15) is 46.5 Å². The van der Waals surface area contributed by atoms with Crippen molar-refractivity contribution in [2.45, 2.75) is 31.7 Å². The normalized spacial score (nSPS) is 14.9. The third-order valence-electron chi connectivity index (χ3n) is 7.91. The van der Waals surface area contributed by atoms with Gasteiger partial charge in [0.15, 0.2) is 9.84 Å². The molecular formula is C34H31F3N8O7S. The van der Waals surface area contributed by atoms with Crippen LogP contribution in [-0.2, 0) is 35.6 Å². The number of alkyl halides is 3. The number of hydrogen-bond acceptors (Lipinski definition) is 10. The second kappa shape index (κ2) is 15.9. The maximum absolute atomic E-state index is 14.4. The van der Waals surface area contributed by atoms with Gasteiger partial charge in [-0.05, 0) is 50.4 Å². The highest BCUT2D eigenvalue weighted by molar-refractivity contribution is 7.91. The van der Waals surface area contributed by atoms with E-state index in [4.69, 9.17) is 15.0 Å². The topological polar surface area (TPSA) is 219 Å². The lowest BCUT2D eigenvalue weighted by molar-refractivity contribution is -0.192. The zero-order valence-electron chi connectivity index (χ0n) is 28.2. The lowest BCUT2D eigenvalue weighted by atomic mass is 10.1. The number of aliphatic carboxylic acids is 1. The van der Waals surface area contributed by atoms with Gasteiger partial charge in [-0.3, -0.25) is 14.4 Å². The highest BCUT2D eigenvalue weighted by Crippen LogP contribution is 2.36. The lowest BCUT2D eigenvalue weighted by Gasteiger charge is -2.26. The third kappa shape index (κ3) is 9.14. The average Bonchev–Trinajstić information content (AvgIpc) is 3.43. The van der Waals surface area contributed by atoms with Crippen molar-refractivity contribution < 1.29 is 45.9 Å². The molecule has 0 radical (unpaired) electrons. The summed E-state index contributed by atoms with van der Waals surface area (Å²) in [4.78, 5) is 52.3. The summed E-state index contributed by atoms with van der Waals surface area (Å²) in [6.45, 7) is 1.10. The fraction of sp³-hybridized carbons (Fsp3) is 0.265. The molecule has 53 heavy (non-hydrogen) atoms. The van der Waals surface area contributed by atoms with Gasteiger partial charge in [-0.2, -0.15) is 28.8 Å². The Hall–Kier alpha value is -6.31. The van der Waals surface area contributed by atoms with Crippen LogP contribution in [0.25, 0.3) is 16.6 Å². The molecule has 0 aliphatic carbocycles. The number of nitriles is 2. The van der Waals surface area contributed by atoms with E-state index in [1.807, 2.05) is 30.3 Å². The molecule has 0 bridgehead atoms. The van der Waals surface area contributed by atoms with Crippen molar-refractivity contribution in [3.63, 3.8) is 0 Å². The molecule has 5 rings (SSSR count). The van der Waals surface area contributed by atoms with E-state index in [1.54, 1.807) is 42.9 Å². The maximum atomic E-state index is 14.4. The van der Waals surface area contributed by atoms with Crippen molar-refractivity contribution in [2.24, 2.45) is 0 Å². The van der Waals surface area contributed by atoms with Gasteiger partial charge in [0, 0.05) is 11.6 Å². The number of fused-ring (bicyclic) bond motifs is 2. The van der Waals surface area contributed by atoms with E-state index in [1.165, 1.54) is 23.1 Å². The van der Waals surface area contributed by atoms with E-state index < -0.39 is 57.5 Å². The Morgan fingerprint density at radius 2 is 1.66 bits per heavy atom. The second-order valence-electron chi connectivity index (χ2n) is 11.7. The molecule has 0 saturated carbocycles. The Bertz CT molecular complexity index is 2280. The predicted molar refractivity (Wildman–Crippen MR) is 184 cm³/mol. The Kier molecular flexibility index (Phi) is 11.9.